The van der Waals surface area contributed by atoms with E-state index in [0.29, 0.717) is 19.0 Å². The Labute approximate surface area is 133 Å². The minimum atomic E-state index is -1.15. The second kappa shape index (κ2) is 7.07. The third-order valence-electron chi connectivity index (χ3n) is 3.35. The quantitative estimate of drug-likeness (QED) is 0.806. The number of hydrogen-bond donors (Lipinski definition) is 1. The Hall–Kier alpha value is -1.36. The molecule has 0 aliphatic rings. The van der Waals surface area contributed by atoms with E-state index in [-0.39, 0.29) is 0 Å². The van der Waals surface area contributed by atoms with Crippen molar-refractivity contribution in [2.45, 2.75) is 12.5 Å². The summed E-state index contributed by atoms with van der Waals surface area (Å²) in [7, 11) is 1.63. The summed E-state index contributed by atoms with van der Waals surface area (Å²) in [6.45, 7) is 2.72. The molecule has 21 heavy (non-hydrogen) atoms. The molecule has 0 fully saturated rings. The molecule has 0 aliphatic carbocycles. The Morgan fingerprint density at radius 1 is 1.00 bits per heavy atom. The molecule has 2 rings (SSSR count). The van der Waals surface area contributed by atoms with Crippen LogP contribution in [0.5, 0.6) is 5.75 Å². The highest BCUT2D eigenvalue weighted by molar-refractivity contribution is 9.10. The van der Waals surface area contributed by atoms with Crippen LogP contribution in [0, 0.1) is 0 Å². The van der Waals surface area contributed by atoms with Gasteiger partial charge in [0.2, 0.25) is 0 Å². The topological polar surface area (TPSA) is 38.7 Å². The highest BCUT2D eigenvalue weighted by Crippen LogP contribution is 2.38. The van der Waals surface area contributed by atoms with E-state index in [2.05, 4.69) is 15.9 Å². The number of para-hydroxylation sites is 1. The third kappa shape index (κ3) is 3.64. The molecule has 0 radical (unpaired) electrons. The van der Waals surface area contributed by atoms with Gasteiger partial charge in [-0.1, -0.05) is 52.3 Å². The third-order valence-corrected chi connectivity index (χ3v) is 4.05. The van der Waals surface area contributed by atoms with Crippen molar-refractivity contribution in [3.05, 3.63) is 64.1 Å². The Morgan fingerprint density at radius 3 is 2.29 bits per heavy atom. The molecule has 0 saturated heterocycles. The first-order valence-corrected chi connectivity index (χ1v) is 7.55. The second-order valence-corrected chi connectivity index (χ2v) is 5.74. The molecule has 0 spiro atoms. The molecular formula is C17H19BrO3. The van der Waals surface area contributed by atoms with Crippen molar-refractivity contribution in [1.82, 2.24) is 0 Å². The Morgan fingerprint density at radius 2 is 1.62 bits per heavy atom. The molecular weight excluding hydrogens is 332 g/mol. The van der Waals surface area contributed by atoms with Gasteiger partial charge in [-0.25, -0.2) is 0 Å². The molecule has 1 atom stereocenters. The SMILES string of the molecule is COCCOc1ccccc1C(C)(O)c1ccccc1Br. The first-order valence-electron chi connectivity index (χ1n) is 6.76. The van der Waals surface area contributed by atoms with E-state index in [1.54, 1.807) is 14.0 Å². The summed E-state index contributed by atoms with van der Waals surface area (Å²) in [4.78, 5) is 0. The van der Waals surface area contributed by atoms with Crippen LogP contribution in [0.25, 0.3) is 0 Å². The van der Waals surface area contributed by atoms with Gasteiger partial charge in [0.05, 0.1) is 6.61 Å². The largest absolute Gasteiger partial charge is 0.491 e. The minimum absolute atomic E-state index is 0.444. The maximum absolute atomic E-state index is 11.0. The van der Waals surface area contributed by atoms with E-state index >= 15 is 0 Å². The van der Waals surface area contributed by atoms with Crippen molar-refractivity contribution in [1.29, 1.82) is 0 Å². The first kappa shape index (κ1) is 16.0. The minimum Gasteiger partial charge on any atom is -0.491 e. The van der Waals surface area contributed by atoms with E-state index in [1.807, 2.05) is 48.5 Å². The fourth-order valence-corrected chi connectivity index (χ4v) is 2.90. The second-order valence-electron chi connectivity index (χ2n) is 4.89. The number of aliphatic hydroxyl groups is 1. The molecule has 0 amide bonds. The van der Waals surface area contributed by atoms with Gasteiger partial charge in [0.25, 0.3) is 0 Å². The average Bonchev–Trinajstić information content (AvgIpc) is 2.48. The van der Waals surface area contributed by atoms with Crippen LogP contribution in [-0.2, 0) is 10.3 Å². The van der Waals surface area contributed by atoms with Crippen molar-refractivity contribution in [2.24, 2.45) is 0 Å². The molecule has 0 aliphatic heterocycles. The zero-order valence-corrected chi connectivity index (χ0v) is 13.8. The number of methoxy groups -OCH3 is 1. The van der Waals surface area contributed by atoms with Crippen molar-refractivity contribution in [2.75, 3.05) is 20.3 Å². The molecule has 112 valence electrons. The molecule has 1 unspecified atom stereocenters. The zero-order valence-electron chi connectivity index (χ0n) is 12.2. The molecule has 2 aromatic rings. The number of ether oxygens (including phenoxy) is 2. The van der Waals surface area contributed by atoms with Gasteiger partial charge in [-0.2, -0.15) is 0 Å². The fraction of sp³-hybridized carbons (Fsp3) is 0.294. The highest BCUT2D eigenvalue weighted by Gasteiger charge is 2.30. The lowest BCUT2D eigenvalue weighted by Gasteiger charge is -2.27. The number of hydrogen-bond acceptors (Lipinski definition) is 3. The average molecular weight is 351 g/mol. The lowest BCUT2D eigenvalue weighted by molar-refractivity contribution is 0.0936. The van der Waals surface area contributed by atoms with E-state index in [1.165, 1.54) is 0 Å². The van der Waals surface area contributed by atoms with Gasteiger partial charge in [-0.15, -0.1) is 0 Å². The summed E-state index contributed by atoms with van der Waals surface area (Å²) in [5.41, 5.74) is 0.379. The van der Waals surface area contributed by atoms with Gasteiger partial charge in [-0.05, 0) is 19.1 Å². The van der Waals surface area contributed by atoms with Crippen molar-refractivity contribution in [3.63, 3.8) is 0 Å². The van der Waals surface area contributed by atoms with Gasteiger partial charge < -0.3 is 14.6 Å². The van der Waals surface area contributed by atoms with Crippen LogP contribution in [-0.4, -0.2) is 25.4 Å². The smallest absolute Gasteiger partial charge is 0.125 e. The summed E-state index contributed by atoms with van der Waals surface area (Å²) in [5, 5.41) is 11.0. The number of rotatable bonds is 6. The summed E-state index contributed by atoms with van der Waals surface area (Å²) in [5.74, 6) is 0.662. The van der Waals surface area contributed by atoms with Crippen LogP contribution in [0.1, 0.15) is 18.1 Å². The summed E-state index contributed by atoms with van der Waals surface area (Å²) >= 11 is 3.50. The van der Waals surface area contributed by atoms with Gasteiger partial charge >= 0.3 is 0 Å². The number of benzene rings is 2. The standard InChI is InChI=1S/C17H19BrO3/c1-17(19,13-7-3-5-9-15(13)18)14-8-4-6-10-16(14)21-12-11-20-2/h3-10,19H,11-12H2,1-2H3. The van der Waals surface area contributed by atoms with Crippen LogP contribution >= 0.6 is 15.9 Å². The van der Waals surface area contributed by atoms with E-state index in [9.17, 15) is 5.11 Å². The maximum atomic E-state index is 11.0. The van der Waals surface area contributed by atoms with E-state index < -0.39 is 5.60 Å². The first-order chi connectivity index (χ1) is 10.1. The monoisotopic (exact) mass is 350 g/mol. The summed E-state index contributed by atoms with van der Waals surface area (Å²) in [6.07, 6.45) is 0. The maximum Gasteiger partial charge on any atom is 0.125 e. The Bertz CT molecular complexity index is 596. The van der Waals surface area contributed by atoms with Gasteiger partial charge in [-0.3, -0.25) is 0 Å². The van der Waals surface area contributed by atoms with Crippen LogP contribution in [0.4, 0.5) is 0 Å². The normalized spacial score (nSPS) is 13.7. The van der Waals surface area contributed by atoms with Crippen LogP contribution in [0.2, 0.25) is 0 Å². The zero-order chi connectivity index (χ0) is 15.3. The van der Waals surface area contributed by atoms with E-state index in [4.69, 9.17) is 9.47 Å². The summed E-state index contributed by atoms with van der Waals surface area (Å²) in [6, 6.07) is 15.2. The molecule has 1 N–H and O–H groups in total. The van der Waals surface area contributed by atoms with Gasteiger partial charge in [0.15, 0.2) is 0 Å². The Balaban J connectivity index is 2.38. The molecule has 2 aromatic carbocycles. The van der Waals surface area contributed by atoms with E-state index in [0.717, 1.165) is 15.6 Å². The van der Waals surface area contributed by atoms with Crippen molar-refractivity contribution < 1.29 is 14.6 Å². The molecule has 0 heterocycles. The molecule has 0 bridgehead atoms. The molecule has 0 saturated carbocycles. The highest BCUT2D eigenvalue weighted by atomic mass is 79.9. The van der Waals surface area contributed by atoms with Gasteiger partial charge in [0, 0.05) is 22.7 Å². The fourth-order valence-electron chi connectivity index (χ4n) is 2.23. The lowest BCUT2D eigenvalue weighted by atomic mass is 9.87. The predicted octanol–water partition coefficient (Wildman–Crippen LogP) is 3.73. The van der Waals surface area contributed by atoms with Gasteiger partial charge in [0.1, 0.15) is 18.0 Å². The van der Waals surface area contributed by atoms with Crippen LogP contribution in [0.15, 0.2) is 53.0 Å². The number of halogens is 1. The molecule has 3 nitrogen and oxygen atoms in total. The molecule has 0 aromatic heterocycles. The van der Waals surface area contributed by atoms with Crippen molar-refractivity contribution >= 4 is 15.9 Å². The Kier molecular flexibility index (Phi) is 5.39. The van der Waals surface area contributed by atoms with Crippen LogP contribution < -0.4 is 4.74 Å². The van der Waals surface area contributed by atoms with Crippen LogP contribution in [0.3, 0.4) is 0 Å². The summed E-state index contributed by atoms with van der Waals surface area (Å²) < 4.78 is 11.6. The predicted molar refractivity (Wildman–Crippen MR) is 86.6 cm³/mol. The molecule has 4 heteroatoms. The van der Waals surface area contributed by atoms with Crippen molar-refractivity contribution in [3.8, 4) is 5.75 Å². The lowest BCUT2D eigenvalue weighted by Crippen LogP contribution is -2.24.